The lowest BCUT2D eigenvalue weighted by atomic mass is 10.1. The van der Waals surface area contributed by atoms with E-state index in [1.807, 2.05) is 21.6 Å². The summed E-state index contributed by atoms with van der Waals surface area (Å²) in [6, 6.07) is 21.5. The highest BCUT2D eigenvalue weighted by Gasteiger charge is 2.17. The van der Waals surface area contributed by atoms with Crippen LogP contribution in [0.3, 0.4) is 0 Å². The Morgan fingerprint density at radius 1 is 0.789 bits per heavy atom. The van der Waals surface area contributed by atoms with E-state index in [1.165, 1.54) is 16.0 Å². The van der Waals surface area contributed by atoms with E-state index in [0.717, 1.165) is 12.8 Å². The summed E-state index contributed by atoms with van der Waals surface area (Å²) in [6.45, 7) is 0. The van der Waals surface area contributed by atoms with E-state index >= 15 is 0 Å². The first-order chi connectivity index (χ1) is 9.40. The van der Waals surface area contributed by atoms with Gasteiger partial charge in [-0.15, -0.1) is 0 Å². The highest BCUT2D eigenvalue weighted by Crippen LogP contribution is 2.44. The normalized spacial score (nSPS) is 18.3. The average molecular weight is 284 g/mol. The average Bonchev–Trinajstić information content (AvgIpc) is 2.88. The molecular weight excluding hydrogens is 268 g/mol. The van der Waals surface area contributed by atoms with Gasteiger partial charge in [0.2, 0.25) is 0 Å². The lowest BCUT2D eigenvalue weighted by Crippen LogP contribution is -1.99. The van der Waals surface area contributed by atoms with E-state index in [9.17, 15) is 0 Å². The molecule has 1 aliphatic heterocycles. The van der Waals surface area contributed by atoms with Crippen LogP contribution in [-0.2, 0) is 12.8 Å². The Balaban J connectivity index is 1.62. The maximum atomic E-state index is 2.44. The minimum absolute atomic E-state index is 0.617. The van der Waals surface area contributed by atoms with E-state index in [1.54, 1.807) is 0 Å². The molecular formula is C17H16S2. The highest BCUT2D eigenvalue weighted by atomic mass is 33.1. The van der Waals surface area contributed by atoms with Crippen molar-refractivity contribution in [2.75, 3.05) is 0 Å². The second kappa shape index (κ2) is 6.36. The van der Waals surface area contributed by atoms with Crippen molar-refractivity contribution < 1.29 is 0 Å². The van der Waals surface area contributed by atoms with E-state index in [0.29, 0.717) is 5.25 Å². The molecule has 0 radical (unpaired) electrons. The predicted octanol–water partition coefficient (Wildman–Crippen LogP) is 5.12. The zero-order valence-electron chi connectivity index (χ0n) is 10.7. The van der Waals surface area contributed by atoms with Crippen LogP contribution in [-0.4, -0.2) is 5.25 Å². The fraction of sp³-hybridized carbons (Fsp3) is 0.176. The summed E-state index contributed by atoms with van der Waals surface area (Å²) >= 11 is 0. The van der Waals surface area contributed by atoms with Crippen molar-refractivity contribution in [3.05, 3.63) is 82.8 Å². The van der Waals surface area contributed by atoms with E-state index in [4.69, 9.17) is 0 Å². The van der Waals surface area contributed by atoms with Gasteiger partial charge >= 0.3 is 0 Å². The number of allylic oxidation sites excluding steroid dienone is 1. The summed E-state index contributed by atoms with van der Waals surface area (Å²) in [5.41, 5.74) is 2.83. The first-order valence-electron chi connectivity index (χ1n) is 6.52. The molecule has 0 saturated heterocycles. The van der Waals surface area contributed by atoms with Crippen molar-refractivity contribution in [3.63, 3.8) is 0 Å². The lowest BCUT2D eigenvalue weighted by Gasteiger charge is -2.04. The molecule has 1 aliphatic rings. The summed E-state index contributed by atoms with van der Waals surface area (Å²) in [5.74, 6) is 0. The monoisotopic (exact) mass is 284 g/mol. The second-order valence-electron chi connectivity index (χ2n) is 4.70. The van der Waals surface area contributed by atoms with Gasteiger partial charge in [0.1, 0.15) is 0 Å². The molecule has 0 nitrogen and oxygen atoms in total. The van der Waals surface area contributed by atoms with Gasteiger partial charge in [0.15, 0.2) is 0 Å². The van der Waals surface area contributed by atoms with Crippen LogP contribution in [0, 0.1) is 0 Å². The molecule has 19 heavy (non-hydrogen) atoms. The molecule has 3 rings (SSSR count). The zero-order chi connectivity index (χ0) is 12.9. The van der Waals surface area contributed by atoms with Crippen molar-refractivity contribution in [2.45, 2.75) is 18.1 Å². The van der Waals surface area contributed by atoms with Gasteiger partial charge in [-0.05, 0) is 22.5 Å². The Kier molecular flexibility index (Phi) is 4.31. The van der Waals surface area contributed by atoms with Crippen molar-refractivity contribution in [3.8, 4) is 0 Å². The van der Waals surface area contributed by atoms with Crippen LogP contribution in [0.15, 0.2) is 71.6 Å². The molecule has 0 N–H and O–H groups in total. The van der Waals surface area contributed by atoms with Crippen molar-refractivity contribution in [2.24, 2.45) is 0 Å². The maximum absolute atomic E-state index is 2.44. The molecule has 0 aromatic heterocycles. The SMILES string of the molecule is C1=C(Cc2ccccc2)SSC1Cc1ccccc1. The lowest BCUT2D eigenvalue weighted by molar-refractivity contribution is 1.02. The largest absolute Gasteiger partial charge is 0.0813 e. The quantitative estimate of drug-likeness (QED) is 0.715. The van der Waals surface area contributed by atoms with Gasteiger partial charge in [-0.1, -0.05) is 88.3 Å². The summed E-state index contributed by atoms with van der Waals surface area (Å²) in [7, 11) is 3.93. The Hall–Kier alpha value is -1.12. The molecule has 1 unspecified atom stereocenters. The minimum Gasteiger partial charge on any atom is -0.0813 e. The topological polar surface area (TPSA) is 0 Å². The minimum atomic E-state index is 0.617. The Morgan fingerprint density at radius 3 is 2.11 bits per heavy atom. The molecule has 2 heteroatoms. The fourth-order valence-electron chi connectivity index (χ4n) is 2.21. The summed E-state index contributed by atoms with van der Waals surface area (Å²) in [6.07, 6.45) is 4.65. The van der Waals surface area contributed by atoms with Crippen LogP contribution >= 0.6 is 21.6 Å². The van der Waals surface area contributed by atoms with E-state index in [2.05, 4.69) is 66.7 Å². The molecule has 0 spiro atoms. The van der Waals surface area contributed by atoms with E-state index < -0.39 is 0 Å². The first-order valence-corrected chi connectivity index (χ1v) is 8.73. The van der Waals surface area contributed by atoms with Crippen molar-refractivity contribution >= 4 is 21.6 Å². The number of rotatable bonds is 4. The molecule has 0 amide bonds. The van der Waals surface area contributed by atoms with Crippen LogP contribution in [0.1, 0.15) is 11.1 Å². The van der Waals surface area contributed by atoms with Crippen LogP contribution in [0.2, 0.25) is 0 Å². The van der Waals surface area contributed by atoms with Gasteiger partial charge in [0.05, 0.1) is 0 Å². The summed E-state index contributed by atoms with van der Waals surface area (Å²) in [5, 5.41) is 0.617. The van der Waals surface area contributed by atoms with Crippen LogP contribution in [0.4, 0.5) is 0 Å². The Bertz CT molecular complexity index is 546. The molecule has 0 saturated carbocycles. The molecule has 1 atom stereocenters. The third-order valence-electron chi connectivity index (χ3n) is 3.15. The van der Waals surface area contributed by atoms with E-state index in [-0.39, 0.29) is 0 Å². The maximum Gasteiger partial charge on any atom is 0.0385 e. The number of hydrogen-bond acceptors (Lipinski definition) is 2. The van der Waals surface area contributed by atoms with Gasteiger partial charge < -0.3 is 0 Å². The molecule has 0 aliphatic carbocycles. The number of benzene rings is 2. The van der Waals surface area contributed by atoms with Crippen LogP contribution in [0.5, 0.6) is 0 Å². The molecule has 0 bridgehead atoms. The van der Waals surface area contributed by atoms with Gasteiger partial charge in [0.25, 0.3) is 0 Å². The highest BCUT2D eigenvalue weighted by molar-refractivity contribution is 8.78. The predicted molar refractivity (Wildman–Crippen MR) is 87.3 cm³/mol. The fourth-order valence-corrected chi connectivity index (χ4v) is 4.93. The molecule has 0 fully saturated rings. The number of hydrogen-bond donors (Lipinski definition) is 0. The first kappa shape index (κ1) is 12.9. The standard InChI is InChI=1S/C17H16S2/c1-3-7-14(8-4-1)11-16-13-17(19-18-16)12-15-9-5-2-6-10-15/h1-10,13,16H,11-12H2. The van der Waals surface area contributed by atoms with Gasteiger partial charge in [0, 0.05) is 11.7 Å². The third-order valence-corrected chi connectivity index (χ3v) is 5.96. The Morgan fingerprint density at radius 2 is 1.42 bits per heavy atom. The van der Waals surface area contributed by atoms with Crippen LogP contribution < -0.4 is 0 Å². The van der Waals surface area contributed by atoms with Gasteiger partial charge in [-0.25, -0.2) is 0 Å². The van der Waals surface area contributed by atoms with Gasteiger partial charge in [-0.3, -0.25) is 0 Å². The second-order valence-corrected chi connectivity index (χ2v) is 7.27. The summed E-state index contributed by atoms with van der Waals surface area (Å²) < 4.78 is 0. The molecule has 2 aromatic rings. The van der Waals surface area contributed by atoms with Crippen molar-refractivity contribution in [1.82, 2.24) is 0 Å². The van der Waals surface area contributed by atoms with Crippen LogP contribution in [0.25, 0.3) is 0 Å². The van der Waals surface area contributed by atoms with Crippen molar-refractivity contribution in [1.29, 1.82) is 0 Å². The molecule has 1 heterocycles. The Labute approximate surface area is 122 Å². The molecule has 2 aromatic carbocycles. The van der Waals surface area contributed by atoms with Gasteiger partial charge in [-0.2, -0.15) is 0 Å². The zero-order valence-corrected chi connectivity index (χ0v) is 12.3. The summed E-state index contributed by atoms with van der Waals surface area (Å²) in [4.78, 5) is 1.50. The molecule has 96 valence electrons. The smallest absolute Gasteiger partial charge is 0.0385 e. The third kappa shape index (κ3) is 3.68.